The van der Waals surface area contributed by atoms with Crippen molar-refractivity contribution in [3.05, 3.63) is 41.0 Å². The van der Waals surface area contributed by atoms with Crippen LogP contribution < -0.4 is 5.56 Å². The molecule has 0 saturated carbocycles. The van der Waals surface area contributed by atoms with Gasteiger partial charge in [-0.2, -0.15) is 4.31 Å². The molecule has 2 aromatic rings. The standard InChI is InChI=1S/C15H21N5O3S/c1-12-7-16-10-19(15(12)21)8-13-3-5-20(6-4-13)24(22,23)14-9-18(2)11-17-14/h7,9-11,13H,3-6,8H2,1-2H3. The SMILES string of the molecule is Cc1cncn(CC2CCN(S(=O)(=O)c3cn(C)cn3)CC2)c1=O. The average Bonchev–Trinajstić information content (AvgIpc) is 3.00. The number of imidazole rings is 1. The molecule has 0 aliphatic carbocycles. The van der Waals surface area contributed by atoms with E-state index in [1.54, 1.807) is 35.6 Å². The molecule has 0 atom stereocenters. The number of piperidine rings is 1. The molecule has 24 heavy (non-hydrogen) atoms. The lowest BCUT2D eigenvalue weighted by molar-refractivity contribution is 0.250. The minimum atomic E-state index is -3.53. The molecular formula is C15H21N5O3S. The zero-order chi connectivity index (χ0) is 17.3. The third kappa shape index (κ3) is 3.27. The van der Waals surface area contributed by atoms with Gasteiger partial charge in [-0.25, -0.2) is 18.4 Å². The fourth-order valence-electron chi connectivity index (χ4n) is 2.95. The topological polar surface area (TPSA) is 90.1 Å². The van der Waals surface area contributed by atoms with Crippen LogP contribution in [0.2, 0.25) is 0 Å². The van der Waals surface area contributed by atoms with Crippen LogP contribution in [-0.2, 0) is 23.6 Å². The van der Waals surface area contributed by atoms with E-state index in [1.807, 2.05) is 0 Å². The molecule has 0 N–H and O–H groups in total. The van der Waals surface area contributed by atoms with E-state index in [0.717, 1.165) is 0 Å². The van der Waals surface area contributed by atoms with Crippen LogP contribution >= 0.6 is 0 Å². The van der Waals surface area contributed by atoms with Gasteiger partial charge in [-0.3, -0.25) is 9.36 Å². The van der Waals surface area contributed by atoms with Crippen LogP contribution in [0.5, 0.6) is 0 Å². The van der Waals surface area contributed by atoms with Crippen molar-refractivity contribution >= 4 is 10.0 Å². The van der Waals surface area contributed by atoms with E-state index in [2.05, 4.69) is 9.97 Å². The third-order valence-electron chi connectivity index (χ3n) is 4.39. The fraction of sp³-hybridized carbons (Fsp3) is 0.533. The highest BCUT2D eigenvalue weighted by Crippen LogP contribution is 2.23. The molecule has 1 aliphatic heterocycles. The van der Waals surface area contributed by atoms with E-state index in [0.29, 0.717) is 38.0 Å². The second kappa shape index (κ2) is 6.48. The number of aryl methyl sites for hydroxylation is 2. The number of aromatic nitrogens is 4. The Bertz CT molecular complexity index is 879. The Morgan fingerprint density at radius 3 is 2.58 bits per heavy atom. The Labute approximate surface area is 140 Å². The summed E-state index contributed by atoms with van der Waals surface area (Å²) in [6.07, 6.45) is 7.53. The molecule has 0 bridgehead atoms. The highest BCUT2D eigenvalue weighted by molar-refractivity contribution is 7.89. The minimum Gasteiger partial charge on any atom is -0.339 e. The molecule has 0 amide bonds. The Morgan fingerprint density at radius 1 is 1.25 bits per heavy atom. The molecule has 0 spiro atoms. The maximum atomic E-state index is 12.5. The summed E-state index contributed by atoms with van der Waals surface area (Å²) in [4.78, 5) is 20.1. The van der Waals surface area contributed by atoms with E-state index in [9.17, 15) is 13.2 Å². The zero-order valence-electron chi connectivity index (χ0n) is 13.8. The van der Waals surface area contributed by atoms with Gasteiger partial charge in [0.05, 0.1) is 12.7 Å². The van der Waals surface area contributed by atoms with E-state index >= 15 is 0 Å². The van der Waals surface area contributed by atoms with Gasteiger partial charge < -0.3 is 4.57 Å². The summed E-state index contributed by atoms with van der Waals surface area (Å²) in [7, 11) is -1.79. The van der Waals surface area contributed by atoms with Crippen LogP contribution in [0.15, 0.2) is 34.9 Å². The summed E-state index contributed by atoms with van der Waals surface area (Å²) in [5.41, 5.74) is 0.584. The normalized spacial score (nSPS) is 17.2. The summed E-state index contributed by atoms with van der Waals surface area (Å²) in [6.45, 7) is 3.20. The van der Waals surface area contributed by atoms with E-state index < -0.39 is 10.0 Å². The lowest BCUT2D eigenvalue weighted by Gasteiger charge is -2.30. The van der Waals surface area contributed by atoms with Gasteiger partial charge in [0.25, 0.3) is 15.6 Å². The monoisotopic (exact) mass is 351 g/mol. The summed E-state index contributed by atoms with van der Waals surface area (Å²) in [5.74, 6) is 0.265. The van der Waals surface area contributed by atoms with Gasteiger partial charge in [0, 0.05) is 44.6 Å². The Kier molecular flexibility index (Phi) is 4.55. The molecule has 2 aromatic heterocycles. The summed E-state index contributed by atoms with van der Waals surface area (Å²) in [6, 6.07) is 0. The first kappa shape index (κ1) is 16.8. The first-order valence-corrected chi connectivity index (χ1v) is 9.31. The molecule has 130 valence electrons. The molecule has 3 rings (SSSR count). The maximum Gasteiger partial charge on any atom is 0.262 e. The lowest BCUT2D eigenvalue weighted by Crippen LogP contribution is -2.40. The van der Waals surface area contributed by atoms with E-state index in [-0.39, 0.29) is 16.5 Å². The maximum absolute atomic E-state index is 12.5. The van der Waals surface area contributed by atoms with Crippen molar-refractivity contribution in [1.82, 2.24) is 23.4 Å². The van der Waals surface area contributed by atoms with Gasteiger partial charge in [-0.1, -0.05) is 0 Å². The third-order valence-corrected chi connectivity index (χ3v) is 6.17. The highest BCUT2D eigenvalue weighted by atomic mass is 32.2. The summed E-state index contributed by atoms with van der Waals surface area (Å²) in [5, 5.41) is 0.0857. The Morgan fingerprint density at radius 2 is 1.96 bits per heavy atom. The van der Waals surface area contributed by atoms with Crippen LogP contribution in [-0.4, -0.2) is 44.9 Å². The first-order chi connectivity index (χ1) is 11.4. The largest absolute Gasteiger partial charge is 0.339 e. The van der Waals surface area contributed by atoms with E-state index in [4.69, 9.17) is 0 Å². The Balaban J connectivity index is 1.66. The van der Waals surface area contributed by atoms with Gasteiger partial charge in [0.2, 0.25) is 0 Å². The van der Waals surface area contributed by atoms with Gasteiger partial charge >= 0.3 is 0 Å². The first-order valence-electron chi connectivity index (χ1n) is 7.87. The van der Waals surface area contributed by atoms with Crippen LogP contribution in [0.25, 0.3) is 0 Å². The van der Waals surface area contributed by atoms with Crippen LogP contribution in [0, 0.1) is 12.8 Å². The van der Waals surface area contributed by atoms with Crippen LogP contribution in [0.4, 0.5) is 0 Å². The average molecular weight is 351 g/mol. The van der Waals surface area contributed by atoms with E-state index in [1.165, 1.54) is 16.8 Å². The molecule has 9 heteroatoms. The van der Waals surface area contributed by atoms with Crippen LogP contribution in [0.1, 0.15) is 18.4 Å². The van der Waals surface area contributed by atoms with Crippen molar-refractivity contribution in [2.75, 3.05) is 13.1 Å². The molecule has 0 radical (unpaired) electrons. The van der Waals surface area contributed by atoms with Crippen molar-refractivity contribution in [1.29, 1.82) is 0 Å². The highest BCUT2D eigenvalue weighted by Gasteiger charge is 2.31. The molecule has 3 heterocycles. The van der Waals surface area contributed by atoms with Crippen molar-refractivity contribution in [3.63, 3.8) is 0 Å². The predicted octanol–water partition coefficient (Wildman–Crippen LogP) is 0.386. The summed E-state index contributed by atoms with van der Waals surface area (Å²) >= 11 is 0. The smallest absolute Gasteiger partial charge is 0.262 e. The molecule has 0 aromatic carbocycles. The van der Waals surface area contributed by atoms with Crippen molar-refractivity contribution in [2.45, 2.75) is 31.3 Å². The second-order valence-corrected chi connectivity index (χ2v) is 8.14. The molecule has 1 fully saturated rings. The van der Waals surface area contributed by atoms with Gasteiger partial charge in [-0.05, 0) is 25.7 Å². The number of nitrogens with zero attached hydrogens (tertiary/aromatic N) is 5. The second-order valence-electron chi connectivity index (χ2n) is 6.26. The molecule has 0 unspecified atom stereocenters. The number of hydrogen-bond donors (Lipinski definition) is 0. The van der Waals surface area contributed by atoms with Gasteiger partial charge in [-0.15, -0.1) is 0 Å². The molecule has 1 saturated heterocycles. The van der Waals surface area contributed by atoms with Gasteiger partial charge in [0.1, 0.15) is 0 Å². The number of hydrogen-bond acceptors (Lipinski definition) is 5. The Hall–Kier alpha value is -2.00. The minimum absolute atomic E-state index is 0.0338. The number of sulfonamides is 1. The van der Waals surface area contributed by atoms with Crippen molar-refractivity contribution in [2.24, 2.45) is 13.0 Å². The summed E-state index contributed by atoms with van der Waals surface area (Å²) < 4.78 is 29.8. The van der Waals surface area contributed by atoms with Gasteiger partial charge in [0.15, 0.2) is 5.03 Å². The van der Waals surface area contributed by atoms with Crippen LogP contribution in [0.3, 0.4) is 0 Å². The quantitative estimate of drug-likeness (QED) is 0.795. The lowest BCUT2D eigenvalue weighted by atomic mass is 9.98. The van der Waals surface area contributed by atoms with Crippen molar-refractivity contribution < 1.29 is 8.42 Å². The van der Waals surface area contributed by atoms with Crippen molar-refractivity contribution in [3.8, 4) is 0 Å². The fourth-order valence-corrected chi connectivity index (χ4v) is 4.39. The zero-order valence-corrected chi connectivity index (χ0v) is 14.6. The molecule has 8 nitrogen and oxygen atoms in total. The molecular weight excluding hydrogens is 330 g/mol. The molecule has 1 aliphatic rings. The predicted molar refractivity (Wildman–Crippen MR) is 87.9 cm³/mol. The number of rotatable bonds is 4.